The Morgan fingerprint density at radius 2 is 2.17 bits per heavy atom. The van der Waals surface area contributed by atoms with Crippen molar-refractivity contribution in [2.45, 2.75) is 26.3 Å². The predicted octanol–water partition coefficient (Wildman–Crippen LogP) is 2.29. The number of nitrogens with one attached hydrogen (secondary N) is 1. The topological polar surface area (TPSA) is 49.3 Å². The third-order valence-corrected chi connectivity index (χ3v) is 3.76. The third kappa shape index (κ3) is 5.10. The molecule has 0 aromatic heterocycles. The Balaban J connectivity index is 2.38. The molecule has 1 unspecified atom stereocenters. The van der Waals surface area contributed by atoms with Crippen molar-refractivity contribution in [2.75, 3.05) is 18.1 Å². The quantitative estimate of drug-likeness (QED) is 0.745. The first-order valence-corrected chi connectivity index (χ1v) is 7.34. The van der Waals surface area contributed by atoms with Gasteiger partial charge in [-0.25, -0.2) is 0 Å². The lowest BCUT2D eigenvalue weighted by Gasteiger charge is -2.16. The van der Waals surface area contributed by atoms with Crippen molar-refractivity contribution in [3.05, 3.63) is 35.4 Å². The van der Waals surface area contributed by atoms with E-state index in [4.69, 9.17) is 5.11 Å². The van der Waals surface area contributed by atoms with E-state index in [1.54, 1.807) is 11.8 Å². The molecule has 0 aliphatic carbocycles. The average Bonchev–Trinajstić information content (AvgIpc) is 2.35. The van der Waals surface area contributed by atoms with Gasteiger partial charge in [-0.2, -0.15) is 11.8 Å². The Morgan fingerprint density at radius 1 is 1.44 bits per heavy atom. The highest BCUT2D eigenvalue weighted by molar-refractivity contribution is 7.99. The smallest absolute Gasteiger partial charge is 0.230 e. The van der Waals surface area contributed by atoms with Gasteiger partial charge in [0.15, 0.2) is 0 Å². The maximum Gasteiger partial charge on any atom is 0.230 e. The number of aryl methyl sites for hydroxylation is 1. The summed E-state index contributed by atoms with van der Waals surface area (Å²) in [5.41, 5.74) is 2.35. The summed E-state index contributed by atoms with van der Waals surface area (Å²) < 4.78 is 0. The van der Waals surface area contributed by atoms with Crippen LogP contribution in [0.5, 0.6) is 0 Å². The lowest BCUT2D eigenvalue weighted by Crippen LogP contribution is -2.28. The fourth-order valence-electron chi connectivity index (χ4n) is 1.77. The van der Waals surface area contributed by atoms with Gasteiger partial charge in [0.05, 0.1) is 11.8 Å². The highest BCUT2D eigenvalue weighted by Crippen LogP contribution is 2.16. The lowest BCUT2D eigenvalue weighted by atomic mass is 10.0. The molecule has 1 amide bonds. The SMILES string of the molecule is Cc1ccccc1C(C)NC(=O)CSCCCO. The third-order valence-electron chi connectivity index (χ3n) is 2.71. The number of rotatable bonds is 7. The summed E-state index contributed by atoms with van der Waals surface area (Å²) in [6.45, 7) is 4.24. The summed E-state index contributed by atoms with van der Waals surface area (Å²) >= 11 is 1.56. The summed E-state index contributed by atoms with van der Waals surface area (Å²) in [7, 11) is 0. The van der Waals surface area contributed by atoms with Crippen LogP contribution in [0.25, 0.3) is 0 Å². The van der Waals surface area contributed by atoms with Gasteiger partial charge in [0.1, 0.15) is 0 Å². The van der Waals surface area contributed by atoms with E-state index in [0.29, 0.717) is 5.75 Å². The molecule has 4 heteroatoms. The maximum absolute atomic E-state index is 11.7. The van der Waals surface area contributed by atoms with Crippen LogP contribution in [-0.2, 0) is 4.79 Å². The Hall–Kier alpha value is -1.000. The van der Waals surface area contributed by atoms with Gasteiger partial charge in [0.25, 0.3) is 0 Å². The molecule has 1 aromatic rings. The minimum atomic E-state index is 0.0390. The van der Waals surface area contributed by atoms with Crippen LogP contribution in [-0.4, -0.2) is 29.1 Å². The van der Waals surface area contributed by atoms with Crippen LogP contribution < -0.4 is 5.32 Å². The Kier molecular flexibility index (Phi) is 6.83. The number of carbonyl (C=O) groups is 1. The molecule has 0 spiro atoms. The van der Waals surface area contributed by atoms with Crippen LogP contribution in [0.2, 0.25) is 0 Å². The fraction of sp³-hybridized carbons (Fsp3) is 0.500. The largest absolute Gasteiger partial charge is 0.396 e. The molecule has 1 rings (SSSR count). The van der Waals surface area contributed by atoms with Crippen LogP contribution in [0.15, 0.2) is 24.3 Å². The molecule has 0 radical (unpaired) electrons. The number of benzene rings is 1. The standard InChI is InChI=1S/C14H21NO2S/c1-11-6-3-4-7-13(11)12(2)15-14(17)10-18-9-5-8-16/h3-4,6-7,12,16H,5,8-10H2,1-2H3,(H,15,17). The molecule has 1 aromatic carbocycles. The predicted molar refractivity (Wildman–Crippen MR) is 76.8 cm³/mol. The molecule has 0 saturated heterocycles. The minimum Gasteiger partial charge on any atom is -0.396 e. The van der Waals surface area contributed by atoms with Gasteiger partial charge in [0.2, 0.25) is 5.91 Å². The molecule has 0 aliphatic heterocycles. The first kappa shape index (κ1) is 15.1. The Bertz CT molecular complexity index is 382. The zero-order valence-electron chi connectivity index (χ0n) is 11.0. The highest BCUT2D eigenvalue weighted by Gasteiger charge is 2.10. The summed E-state index contributed by atoms with van der Waals surface area (Å²) in [5.74, 6) is 1.33. The van der Waals surface area contributed by atoms with E-state index in [-0.39, 0.29) is 18.6 Å². The second kappa shape index (κ2) is 8.16. The second-order valence-corrected chi connectivity index (χ2v) is 5.38. The summed E-state index contributed by atoms with van der Waals surface area (Å²) in [6.07, 6.45) is 0.741. The van der Waals surface area contributed by atoms with Gasteiger partial charge < -0.3 is 10.4 Å². The van der Waals surface area contributed by atoms with Crippen molar-refractivity contribution in [2.24, 2.45) is 0 Å². The molecular formula is C14H21NO2S. The van der Waals surface area contributed by atoms with Crippen molar-refractivity contribution in [1.29, 1.82) is 0 Å². The number of hydrogen-bond donors (Lipinski definition) is 2. The molecule has 3 nitrogen and oxygen atoms in total. The normalized spacial score (nSPS) is 12.2. The average molecular weight is 267 g/mol. The van der Waals surface area contributed by atoms with Crippen molar-refractivity contribution in [1.82, 2.24) is 5.32 Å². The molecule has 0 bridgehead atoms. The van der Waals surface area contributed by atoms with Gasteiger partial charge >= 0.3 is 0 Å². The molecule has 1 atom stereocenters. The van der Waals surface area contributed by atoms with Gasteiger partial charge in [-0.15, -0.1) is 0 Å². The number of amides is 1. The molecule has 0 fully saturated rings. The zero-order chi connectivity index (χ0) is 13.4. The summed E-state index contributed by atoms with van der Waals surface area (Å²) in [6, 6.07) is 8.11. The summed E-state index contributed by atoms with van der Waals surface area (Å²) in [5, 5.41) is 11.6. The van der Waals surface area contributed by atoms with Gasteiger partial charge in [-0.1, -0.05) is 24.3 Å². The molecule has 2 N–H and O–H groups in total. The zero-order valence-corrected chi connectivity index (χ0v) is 11.8. The molecule has 100 valence electrons. The number of aliphatic hydroxyl groups is 1. The van der Waals surface area contributed by atoms with Crippen LogP contribution in [0, 0.1) is 6.92 Å². The van der Waals surface area contributed by atoms with E-state index >= 15 is 0 Å². The van der Waals surface area contributed by atoms with Crippen molar-refractivity contribution in [3.8, 4) is 0 Å². The van der Waals surface area contributed by atoms with Crippen LogP contribution in [0.3, 0.4) is 0 Å². The van der Waals surface area contributed by atoms with Crippen molar-refractivity contribution < 1.29 is 9.90 Å². The van der Waals surface area contributed by atoms with Crippen molar-refractivity contribution >= 4 is 17.7 Å². The number of carbonyl (C=O) groups excluding carboxylic acids is 1. The van der Waals surface area contributed by atoms with E-state index in [0.717, 1.165) is 17.7 Å². The molecule has 0 aliphatic rings. The molecule has 18 heavy (non-hydrogen) atoms. The van der Waals surface area contributed by atoms with Gasteiger partial charge in [-0.3, -0.25) is 4.79 Å². The summed E-state index contributed by atoms with van der Waals surface area (Å²) in [4.78, 5) is 11.7. The molecule has 0 saturated carbocycles. The van der Waals surface area contributed by atoms with Crippen LogP contribution in [0.1, 0.15) is 30.5 Å². The maximum atomic E-state index is 11.7. The van der Waals surface area contributed by atoms with Crippen LogP contribution in [0.4, 0.5) is 0 Å². The highest BCUT2D eigenvalue weighted by atomic mass is 32.2. The fourth-order valence-corrected chi connectivity index (χ4v) is 2.51. The molecule has 0 heterocycles. The lowest BCUT2D eigenvalue weighted by molar-refractivity contribution is -0.119. The minimum absolute atomic E-state index is 0.0390. The van der Waals surface area contributed by atoms with Crippen LogP contribution >= 0.6 is 11.8 Å². The Labute approximate surface area is 113 Å². The first-order chi connectivity index (χ1) is 8.65. The monoisotopic (exact) mass is 267 g/mol. The molecular weight excluding hydrogens is 246 g/mol. The van der Waals surface area contributed by atoms with E-state index in [1.807, 2.05) is 38.1 Å². The first-order valence-electron chi connectivity index (χ1n) is 6.18. The van der Waals surface area contributed by atoms with E-state index in [2.05, 4.69) is 5.32 Å². The van der Waals surface area contributed by atoms with E-state index < -0.39 is 0 Å². The Morgan fingerprint density at radius 3 is 2.83 bits per heavy atom. The van der Waals surface area contributed by atoms with Crippen molar-refractivity contribution in [3.63, 3.8) is 0 Å². The van der Waals surface area contributed by atoms with E-state index in [1.165, 1.54) is 5.56 Å². The van der Waals surface area contributed by atoms with Gasteiger partial charge in [-0.05, 0) is 37.1 Å². The number of hydrogen-bond acceptors (Lipinski definition) is 3. The number of aliphatic hydroxyl groups excluding tert-OH is 1. The second-order valence-electron chi connectivity index (χ2n) is 4.28. The van der Waals surface area contributed by atoms with E-state index in [9.17, 15) is 4.79 Å². The number of thioether (sulfide) groups is 1. The van der Waals surface area contributed by atoms with Gasteiger partial charge in [0, 0.05) is 6.61 Å².